The molecule has 0 saturated carbocycles. The zero-order valence-corrected chi connectivity index (χ0v) is 13.1. The lowest BCUT2D eigenvalue weighted by Crippen LogP contribution is -2.30. The summed E-state index contributed by atoms with van der Waals surface area (Å²) in [6.45, 7) is 2.34. The van der Waals surface area contributed by atoms with Crippen LogP contribution in [-0.2, 0) is 16.1 Å². The summed E-state index contributed by atoms with van der Waals surface area (Å²) in [7, 11) is 0. The van der Waals surface area contributed by atoms with Crippen molar-refractivity contribution in [3.63, 3.8) is 0 Å². The van der Waals surface area contributed by atoms with Gasteiger partial charge in [0.05, 0.1) is 0 Å². The van der Waals surface area contributed by atoms with Crippen LogP contribution < -0.4 is 0 Å². The van der Waals surface area contributed by atoms with Crippen molar-refractivity contribution >= 4 is 11.9 Å². The van der Waals surface area contributed by atoms with Gasteiger partial charge in [0.15, 0.2) is 0 Å². The van der Waals surface area contributed by atoms with Gasteiger partial charge in [0, 0.05) is 24.1 Å². The van der Waals surface area contributed by atoms with E-state index in [1.165, 1.54) is 0 Å². The van der Waals surface area contributed by atoms with E-state index in [0.29, 0.717) is 18.5 Å². The van der Waals surface area contributed by atoms with Crippen molar-refractivity contribution in [1.29, 1.82) is 0 Å². The Balaban J connectivity index is 1.90. The molecule has 0 fully saturated rings. The van der Waals surface area contributed by atoms with Gasteiger partial charge < -0.3 is 4.74 Å². The van der Waals surface area contributed by atoms with Crippen LogP contribution in [0.5, 0.6) is 0 Å². The molecule has 1 heterocycles. The van der Waals surface area contributed by atoms with Crippen LogP contribution in [0.2, 0.25) is 0 Å². The van der Waals surface area contributed by atoms with E-state index in [4.69, 9.17) is 4.74 Å². The van der Waals surface area contributed by atoms with Crippen molar-refractivity contribution in [1.82, 2.24) is 4.90 Å². The van der Waals surface area contributed by atoms with Crippen LogP contribution in [0.25, 0.3) is 0 Å². The minimum Gasteiger partial charge on any atom is -0.437 e. The predicted molar refractivity (Wildman–Crippen MR) is 86.5 cm³/mol. The molecule has 0 N–H and O–H groups in total. The van der Waals surface area contributed by atoms with E-state index in [2.05, 4.69) is 0 Å². The molecule has 0 spiro atoms. The Hall–Kier alpha value is -2.62. The molecule has 4 nitrogen and oxygen atoms in total. The molecular weight excluding hydrogens is 290 g/mol. The molecule has 23 heavy (non-hydrogen) atoms. The van der Waals surface area contributed by atoms with Crippen LogP contribution in [0.4, 0.5) is 0 Å². The molecule has 1 atom stereocenters. The van der Waals surface area contributed by atoms with E-state index < -0.39 is 6.23 Å². The summed E-state index contributed by atoms with van der Waals surface area (Å²) in [4.78, 5) is 26.3. The smallest absolute Gasteiger partial charge is 0.307 e. The van der Waals surface area contributed by atoms with Gasteiger partial charge in [-0.05, 0) is 18.1 Å². The Labute approximate surface area is 135 Å². The summed E-state index contributed by atoms with van der Waals surface area (Å²) in [6, 6.07) is 17.0. The molecule has 1 unspecified atom stereocenters. The number of nitrogens with zero attached hydrogens (tertiary/aromatic N) is 1. The number of rotatable bonds is 5. The minimum absolute atomic E-state index is 0.0984. The summed E-state index contributed by atoms with van der Waals surface area (Å²) < 4.78 is 5.60. The quantitative estimate of drug-likeness (QED) is 0.791. The molecular formula is C19H19NO3. The topological polar surface area (TPSA) is 46.6 Å². The molecule has 2 aromatic carbocycles. The van der Waals surface area contributed by atoms with Crippen LogP contribution in [-0.4, -0.2) is 16.8 Å². The number of ether oxygens (including phenoxy) is 1. The van der Waals surface area contributed by atoms with Crippen LogP contribution >= 0.6 is 0 Å². The number of carbonyl (C=O) groups is 2. The number of hydrogen-bond donors (Lipinski definition) is 0. The molecule has 0 aromatic heterocycles. The van der Waals surface area contributed by atoms with Gasteiger partial charge in [0.1, 0.15) is 0 Å². The van der Waals surface area contributed by atoms with E-state index in [9.17, 15) is 9.59 Å². The average Bonchev–Trinajstić information content (AvgIpc) is 2.82. The van der Waals surface area contributed by atoms with Crippen molar-refractivity contribution in [2.24, 2.45) is 0 Å². The first-order valence-electron chi connectivity index (χ1n) is 7.84. The number of fused-ring (bicyclic) bond motifs is 1. The highest BCUT2D eigenvalue weighted by Crippen LogP contribution is 2.35. The lowest BCUT2D eigenvalue weighted by Gasteiger charge is -2.25. The van der Waals surface area contributed by atoms with Gasteiger partial charge in [-0.15, -0.1) is 0 Å². The van der Waals surface area contributed by atoms with E-state index in [-0.39, 0.29) is 11.9 Å². The first kappa shape index (κ1) is 15.3. The molecule has 0 radical (unpaired) electrons. The standard InChI is InChI=1S/C19H19NO3/c1-2-8-17(21)23-19-16-12-7-6-11-15(16)18(22)20(19)13-14-9-4-3-5-10-14/h3-7,9-12,19H,2,8,13H2,1H3. The summed E-state index contributed by atoms with van der Waals surface area (Å²) in [5, 5.41) is 0. The molecule has 0 saturated heterocycles. The minimum atomic E-state index is -0.641. The Kier molecular flexibility index (Phi) is 4.42. The van der Waals surface area contributed by atoms with Gasteiger partial charge in [-0.3, -0.25) is 14.5 Å². The van der Waals surface area contributed by atoms with Crippen molar-refractivity contribution in [2.75, 3.05) is 0 Å². The van der Waals surface area contributed by atoms with Crippen LogP contribution in [0, 0.1) is 0 Å². The highest BCUT2D eigenvalue weighted by molar-refractivity contribution is 5.99. The van der Waals surface area contributed by atoms with Gasteiger partial charge in [-0.2, -0.15) is 0 Å². The van der Waals surface area contributed by atoms with Gasteiger partial charge in [-0.25, -0.2) is 0 Å². The fourth-order valence-electron chi connectivity index (χ4n) is 2.79. The highest BCUT2D eigenvalue weighted by atomic mass is 16.6. The third-order valence-corrected chi connectivity index (χ3v) is 3.89. The molecule has 0 bridgehead atoms. The molecule has 3 rings (SSSR count). The van der Waals surface area contributed by atoms with Gasteiger partial charge >= 0.3 is 5.97 Å². The maximum Gasteiger partial charge on any atom is 0.307 e. The highest BCUT2D eigenvalue weighted by Gasteiger charge is 2.38. The first-order valence-corrected chi connectivity index (χ1v) is 7.84. The molecule has 0 aliphatic carbocycles. The molecule has 1 aliphatic rings. The van der Waals surface area contributed by atoms with Crippen LogP contribution in [0.3, 0.4) is 0 Å². The van der Waals surface area contributed by atoms with Gasteiger partial charge in [0.2, 0.25) is 6.23 Å². The molecule has 4 heteroatoms. The lowest BCUT2D eigenvalue weighted by molar-refractivity contribution is -0.157. The molecule has 118 valence electrons. The van der Waals surface area contributed by atoms with Gasteiger partial charge in [-0.1, -0.05) is 55.5 Å². The predicted octanol–water partition coefficient (Wildman–Crippen LogP) is 3.68. The lowest BCUT2D eigenvalue weighted by atomic mass is 10.1. The Morgan fingerprint density at radius 2 is 1.78 bits per heavy atom. The first-order chi connectivity index (χ1) is 11.2. The number of esters is 1. The normalized spacial score (nSPS) is 16.3. The monoisotopic (exact) mass is 309 g/mol. The average molecular weight is 309 g/mol. The Morgan fingerprint density at radius 3 is 2.52 bits per heavy atom. The maximum atomic E-state index is 12.7. The summed E-state index contributed by atoms with van der Waals surface area (Å²) >= 11 is 0. The molecule has 1 amide bonds. The van der Waals surface area contributed by atoms with E-state index in [1.54, 1.807) is 11.0 Å². The zero-order valence-electron chi connectivity index (χ0n) is 13.1. The maximum absolute atomic E-state index is 12.7. The zero-order chi connectivity index (χ0) is 16.2. The summed E-state index contributed by atoms with van der Waals surface area (Å²) in [5.74, 6) is -0.376. The van der Waals surface area contributed by atoms with E-state index in [0.717, 1.165) is 17.5 Å². The number of carbonyl (C=O) groups excluding carboxylic acids is 2. The van der Waals surface area contributed by atoms with E-state index in [1.807, 2.05) is 55.5 Å². The summed E-state index contributed by atoms with van der Waals surface area (Å²) in [6.07, 6.45) is 0.434. The second-order valence-electron chi connectivity index (χ2n) is 5.60. The second kappa shape index (κ2) is 6.65. The Morgan fingerprint density at radius 1 is 1.09 bits per heavy atom. The van der Waals surface area contributed by atoms with Crippen LogP contribution in [0.15, 0.2) is 54.6 Å². The van der Waals surface area contributed by atoms with E-state index >= 15 is 0 Å². The van der Waals surface area contributed by atoms with Gasteiger partial charge in [0.25, 0.3) is 5.91 Å². The Bertz CT molecular complexity index is 712. The third kappa shape index (κ3) is 3.11. The number of benzene rings is 2. The van der Waals surface area contributed by atoms with Crippen molar-refractivity contribution in [3.8, 4) is 0 Å². The summed E-state index contributed by atoms with van der Waals surface area (Å²) in [5.41, 5.74) is 2.38. The second-order valence-corrected chi connectivity index (χ2v) is 5.60. The molecule has 1 aliphatic heterocycles. The third-order valence-electron chi connectivity index (χ3n) is 3.89. The number of hydrogen-bond acceptors (Lipinski definition) is 3. The SMILES string of the molecule is CCCC(=O)OC1c2ccccc2C(=O)N1Cc1ccccc1. The fraction of sp³-hybridized carbons (Fsp3) is 0.263. The fourth-order valence-corrected chi connectivity index (χ4v) is 2.79. The largest absolute Gasteiger partial charge is 0.437 e. The van der Waals surface area contributed by atoms with Crippen molar-refractivity contribution in [2.45, 2.75) is 32.5 Å². The van der Waals surface area contributed by atoms with Crippen molar-refractivity contribution < 1.29 is 14.3 Å². The van der Waals surface area contributed by atoms with Crippen molar-refractivity contribution in [3.05, 3.63) is 71.3 Å². The number of amides is 1. The van der Waals surface area contributed by atoms with Crippen LogP contribution in [0.1, 0.15) is 47.5 Å². The molecule has 2 aromatic rings.